The largest absolute Gasteiger partial charge is 0.493 e. The van der Waals surface area contributed by atoms with Gasteiger partial charge in [-0.1, -0.05) is 0 Å². The van der Waals surface area contributed by atoms with E-state index in [0.29, 0.717) is 22.8 Å². The summed E-state index contributed by atoms with van der Waals surface area (Å²) >= 11 is 0. The quantitative estimate of drug-likeness (QED) is 0.837. The van der Waals surface area contributed by atoms with E-state index in [4.69, 9.17) is 19.9 Å². The highest BCUT2D eigenvalue weighted by molar-refractivity contribution is 5.56. The molecular weight excluding hydrogens is 291 g/mol. The fraction of sp³-hybridized carbons (Fsp3) is 0.538. The van der Waals surface area contributed by atoms with Crippen molar-refractivity contribution in [1.29, 1.82) is 0 Å². The molecule has 0 saturated carbocycles. The monoisotopic (exact) mass is 309 g/mol. The summed E-state index contributed by atoms with van der Waals surface area (Å²) in [6, 6.07) is 2.41. The van der Waals surface area contributed by atoms with Crippen molar-refractivity contribution < 1.29 is 32.1 Å². The first-order valence-electron chi connectivity index (χ1n) is 6.03. The van der Waals surface area contributed by atoms with Crippen molar-refractivity contribution in [3.8, 4) is 17.2 Å². The molecule has 0 bridgehead atoms. The topological polar surface area (TPSA) is 62.9 Å². The van der Waals surface area contributed by atoms with Gasteiger partial charge < -0.3 is 24.7 Å². The van der Waals surface area contributed by atoms with Gasteiger partial charge in [-0.05, 0) is 12.1 Å². The SMILES string of the molecule is COc1ccc(C(N)COCC(F)(F)F)c(OC)c1OC. The van der Waals surface area contributed by atoms with Crippen LogP contribution in [0.5, 0.6) is 17.2 Å². The van der Waals surface area contributed by atoms with E-state index in [2.05, 4.69) is 4.74 Å². The van der Waals surface area contributed by atoms with E-state index in [1.165, 1.54) is 21.3 Å². The van der Waals surface area contributed by atoms with Crippen LogP contribution < -0.4 is 19.9 Å². The molecule has 0 aromatic heterocycles. The Balaban J connectivity index is 2.91. The van der Waals surface area contributed by atoms with Gasteiger partial charge in [0.25, 0.3) is 0 Å². The predicted octanol–water partition coefficient (Wildman–Crippen LogP) is 2.29. The van der Waals surface area contributed by atoms with Gasteiger partial charge in [-0.15, -0.1) is 0 Å². The Morgan fingerprint density at radius 3 is 2.14 bits per heavy atom. The number of alkyl halides is 3. The van der Waals surface area contributed by atoms with Crippen molar-refractivity contribution in [3.63, 3.8) is 0 Å². The summed E-state index contributed by atoms with van der Waals surface area (Å²) < 4.78 is 56.2. The van der Waals surface area contributed by atoms with Crippen molar-refractivity contribution >= 4 is 0 Å². The second-order valence-electron chi connectivity index (χ2n) is 4.16. The lowest BCUT2D eigenvalue weighted by Crippen LogP contribution is -2.23. The van der Waals surface area contributed by atoms with Crippen LogP contribution in [0.3, 0.4) is 0 Å². The molecule has 0 amide bonds. The van der Waals surface area contributed by atoms with E-state index in [9.17, 15) is 13.2 Å². The number of hydrogen-bond acceptors (Lipinski definition) is 5. The summed E-state index contributed by atoms with van der Waals surface area (Å²) in [6.45, 7) is -1.65. The second-order valence-corrected chi connectivity index (χ2v) is 4.16. The van der Waals surface area contributed by atoms with E-state index in [-0.39, 0.29) is 6.61 Å². The molecular formula is C13H18F3NO4. The molecule has 2 N–H and O–H groups in total. The number of ether oxygens (including phenoxy) is 4. The van der Waals surface area contributed by atoms with Crippen molar-refractivity contribution in [1.82, 2.24) is 0 Å². The fourth-order valence-corrected chi connectivity index (χ4v) is 1.81. The summed E-state index contributed by atoms with van der Waals surface area (Å²) in [5.74, 6) is 1.06. The van der Waals surface area contributed by atoms with E-state index < -0.39 is 18.8 Å². The maximum absolute atomic E-state index is 12.0. The van der Waals surface area contributed by atoms with Crippen LogP contribution in [-0.4, -0.2) is 40.7 Å². The van der Waals surface area contributed by atoms with Crippen LogP contribution in [0.2, 0.25) is 0 Å². The standard InChI is InChI=1S/C13H18F3NO4/c1-18-10-5-4-8(11(19-2)12(10)20-3)9(17)6-21-7-13(14,15)16/h4-5,9H,6-7,17H2,1-3H3. The normalized spacial score (nSPS) is 12.9. The Morgan fingerprint density at radius 2 is 1.67 bits per heavy atom. The molecule has 120 valence electrons. The lowest BCUT2D eigenvalue weighted by atomic mass is 10.1. The molecule has 1 rings (SSSR count). The number of benzene rings is 1. The third kappa shape index (κ3) is 4.68. The van der Waals surface area contributed by atoms with Crippen LogP contribution in [0, 0.1) is 0 Å². The van der Waals surface area contributed by atoms with Crippen LogP contribution in [0.15, 0.2) is 12.1 Å². The number of halogens is 3. The highest BCUT2D eigenvalue weighted by atomic mass is 19.4. The minimum atomic E-state index is -4.39. The van der Waals surface area contributed by atoms with E-state index in [0.717, 1.165) is 0 Å². The van der Waals surface area contributed by atoms with Gasteiger partial charge in [0, 0.05) is 5.56 Å². The van der Waals surface area contributed by atoms with E-state index in [1.807, 2.05) is 0 Å². The van der Waals surface area contributed by atoms with Gasteiger partial charge in [0.15, 0.2) is 11.5 Å². The van der Waals surface area contributed by atoms with Crippen LogP contribution in [-0.2, 0) is 4.74 Å². The number of methoxy groups -OCH3 is 3. The second kappa shape index (κ2) is 7.37. The molecule has 5 nitrogen and oxygen atoms in total. The molecule has 0 saturated heterocycles. The Morgan fingerprint density at radius 1 is 1.05 bits per heavy atom. The molecule has 0 aliphatic heterocycles. The lowest BCUT2D eigenvalue weighted by molar-refractivity contribution is -0.174. The number of rotatable bonds is 7. The number of nitrogens with two attached hydrogens (primary N) is 1. The Labute approximate surface area is 120 Å². The summed E-state index contributed by atoms with van der Waals surface area (Å²) in [6.07, 6.45) is -4.39. The van der Waals surface area contributed by atoms with E-state index in [1.54, 1.807) is 12.1 Å². The van der Waals surface area contributed by atoms with Crippen molar-refractivity contribution in [2.75, 3.05) is 34.5 Å². The predicted molar refractivity (Wildman–Crippen MR) is 69.9 cm³/mol. The highest BCUT2D eigenvalue weighted by Gasteiger charge is 2.28. The zero-order valence-corrected chi connectivity index (χ0v) is 12.0. The molecule has 0 fully saturated rings. The third-order valence-electron chi connectivity index (χ3n) is 2.70. The van der Waals surface area contributed by atoms with Gasteiger partial charge in [-0.2, -0.15) is 13.2 Å². The number of hydrogen-bond donors (Lipinski definition) is 1. The average Bonchev–Trinajstić information content (AvgIpc) is 2.43. The minimum Gasteiger partial charge on any atom is -0.493 e. The summed E-state index contributed by atoms with van der Waals surface area (Å²) in [4.78, 5) is 0. The van der Waals surface area contributed by atoms with Gasteiger partial charge in [-0.25, -0.2) is 0 Å². The van der Waals surface area contributed by atoms with Gasteiger partial charge in [-0.3, -0.25) is 0 Å². The molecule has 0 radical (unpaired) electrons. The van der Waals surface area contributed by atoms with Gasteiger partial charge in [0.2, 0.25) is 5.75 Å². The van der Waals surface area contributed by atoms with Crippen LogP contribution >= 0.6 is 0 Å². The van der Waals surface area contributed by atoms with Crippen LogP contribution in [0.1, 0.15) is 11.6 Å². The lowest BCUT2D eigenvalue weighted by Gasteiger charge is -2.20. The molecule has 1 aromatic carbocycles. The zero-order chi connectivity index (χ0) is 16.0. The zero-order valence-electron chi connectivity index (χ0n) is 12.0. The first-order valence-corrected chi connectivity index (χ1v) is 6.03. The smallest absolute Gasteiger partial charge is 0.411 e. The van der Waals surface area contributed by atoms with Crippen LogP contribution in [0.25, 0.3) is 0 Å². The average molecular weight is 309 g/mol. The Hall–Kier alpha value is -1.67. The van der Waals surface area contributed by atoms with Gasteiger partial charge >= 0.3 is 6.18 Å². The Bertz CT molecular complexity index is 465. The molecule has 0 spiro atoms. The molecule has 1 unspecified atom stereocenters. The van der Waals surface area contributed by atoms with Crippen molar-refractivity contribution in [3.05, 3.63) is 17.7 Å². The molecule has 0 aliphatic carbocycles. The maximum Gasteiger partial charge on any atom is 0.411 e. The minimum absolute atomic E-state index is 0.300. The molecule has 1 atom stereocenters. The van der Waals surface area contributed by atoms with Crippen molar-refractivity contribution in [2.24, 2.45) is 5.73 Å². The summed E-state index contributed by atoms with van der Waals surface area (Å²) in [5, 5.41) is 0. The van der Waals surface area contributed by atoms with Gasteiger partial charge in [0.1, 0.15) is 6.61 Å². The molecule has 1 aromatic rings. The summed E-state index contributed by atoms with van der Waals surface area (Å²) in [7, 11) is 4.29. The fourth-order valence-electron chi connectivity index (χ4n) is 1.81. The summed E-state index contributed by atoms with van der Waals surface area (Å²) in [5.41, 5.74) is 6.32. The highest BCUT2D eigenvalue weighted by Crippen LogP contribution is 2.41. The van der Waals surface area contributed by atoms with Crippen LogP contribution in [0.4, 0.5) is 13.2 Å². The molecule has 0 aliphatic rings. The first kappa shape index (κ1) is 17.4. The molecule has 0 heterocycles. The molecule has 8 heteroatoms. The third-order valence-corrected chi connectivity index (χ3v) is 2.70. The maximum atomic E-state index is 12.0. The van der Waals surface area contributed by atoms with Crippen molar-refractivity contribution in [2.45, 2.75) is 12.2 Å². The molecule has 21 heavy (non-hydrogen) atoms. The first-order chi connectivity index (χ1) is 9.84. The van der Waals surface area contributed by atoms with Gasteiger partial charge in [0.05, 0.1) is 34.0 Å². The van der Waals surface area contributed by atoms with E-state index >= 15 is 0 Å². The Kier molecular flexibility index (Phi) is 6.10.